The van der Waals surface area contributed by atoms with Crippen molar-refractivity contribution in [3.05, 3.63) is 0 Å². The van der Waals surface area contributed by atoms with Gasteiger partial charge in [-0.15, -0.1) is 24.0 Å². The molecule has 0 aromatic carbocycles. The molecular formula is C14H28IN3S. The highest BCUT2D eigenvalue weighted by Crippen LogP contribution is 2.30. The lowest BCUT2D eigenvalue weighted by atomic mass is 9.81. The van der Waals surface area contributed by atoms with Gasteiger partial charge in [0.1, 0.15) is 0 Å². The molecule has 0 aromatic heterocycles. The highest BCUT2D eigenvalue weighted by atomic mass is 127. The molecule has 0 spiro atoms. The van der Waals surface area contributed by atoms with E-state index in [0.29, 0.717) is 0 Å². The fourth-order valence-corrected chi connectivity index (χ4v) is 3.98. The van der Waals surface area contributed by atoms with E-state index in [-0.39, 0.29) is 24.0 Å². The van der Waals surface area contributed by atoms with E-state index in [4.69, 9.17) is 5.73 Å². The van der Waals surface area contributed by atoms with Crippen LogP contribution in [0.4, 0.5) is 0 Å². The molecular weight excluding hydrogens is 369 g/mol. The zero-order valence-corrected chi connectivity index (χ0v) is 15.2. The first-order valence-electron chi connectivity index (χ1n) is 7.38. The average molecular weight is 397 g/mol. The van der Waals surface area contributed by atoms with Crippen LogP contribution in [0.3, 0.4) is 0 Å². The van der Waals surface area contributed by atoms with Gasteiger partial charge in [0.25, 0.3) is 0 Å². The zero-order chi connectivity index (χ0) is 12.8. The van der Waals surface area contributed by atoms with Crippen molar-refractivity contribution >= 4 is 41.7 Å². The highest BCUT2D eigenvalue weighted by Gasteiger charge is 2.18. The Hall–Kier alpha value is 0.350. The van der Waals surface area contributed by atoms with E-state index in [1.807, 2.05) is 11.8 Å². The molecule has 0 bridgehead atoms. The molecule has 1 aliphatic heterocycles. The standard InChI is InChI=1S/C14H27N3S.HI/c1-12-3-2-4-13(11-12)5-6-16-14(15)17-7-9-18-10-8-17;/h12-13H,2-11H2,1H3,(H2,15,16);1H. The van der Waals surface area contributed by atoms with Crippen LogP contribution in [0.2, 0.25) is 0 Å². The van der Waals surface area contributed by atoms with Gasteiger partial charge >= 0.3 is 0 Å². The summed E-state index contributed by atoms with van der Waals surface area (Å²) >= 11 is 2.01. The van der Waals surface area contributed by atoms with E-state index in [2.05, 4.69) is 16.8 Å². The quantitative estimate of drug-likeness (QED) is 0.452. The molecule has 3 nitrogen and oxygen atoms in total. The predicted octanol–water partition coefficient (Wildman–Crippen LogP) is 3.18. The normalized spacial score (nSPS) is 28.9. The van der Waals surface area contributed by atoms with Gasteiger partial charge in [-0.3, -0.25) is 4.99 Å². The maximum absolute atomic E-state index is 6.06. The third-order valence-electron chi connectivity index (χ3n) is 4.19. The number of hydrogen-bond acceptors (Lipinski definition) is 2. The van der Waals surface area contributed by atoms with Gasteiger partial charge in [-0.05, 0) is 24.7 Å². The second-order valence-electron chi connectivity index (χ2n) is 5.77. The van der Waals surface area contributed by atoms with Gasteiger partial charge in [-0.25, -0.2) is 0 Å². The van der Waals surface area contributed by atoms with E-state index in [1.54, 1.807) is 0 Å². The summed E-state index contributed by atoms with van der Waals surface area (Å²) in [6, 6.07) is 0. The smallest absolute Gasteiger partial charge is 0.191 e. The number of thioether (sulfide) groups is 1. The van der Waals surface area contributed by atoms with Crippen molar-refractivity contribution in [2.75, 3.05) is 31.1 Å². The van der Waals surface area contributed by atoms with Crippen molar-refractivity contribution in [1.29, 1.82) is 0 Å². The second kappa shape index (κ2) is 9.32. The monoisotopic (exact) mass is 397 g/mol. The Morgan fingerprint density at radius 3 is 2.74 bits per heavy atom. The molecule has 1 saturated carbocycles. The topological polar surface area (TPSA) is 41.6 Å². The molecule has 2 unspecified atom stereocenters. The summed E-state index contributed by atoms with van der Waals surface area (Å²) < 4.78 is 0. The Morgan fingerprint density at radius 2 is 2.05 bits per heavy atom. The molecule has 0 amide bonds. The highest BCUT2D eigenvalue weighted by molar-refractivity contribution is 14.0. The number of hydrogen-bond donors (Lipinski definition) is 1. The first-order chi connectivity index (χ1) is 8.75. The maximum atomic E-state index is 6.06. The molecule has 19 heavy (non-hydrogen) atoms. The van der Waals surface area contributed by atoms with E-state index < -0.39 is 0 Å². The van der Waals surface area contributed by atoms with Crippen molar-refractivity contribution in [2.45, 2.75) is 39.0 Å². The van der Waals surface area contributed by atoms with Gasteiger partial charge in [0.05, 0.1) is 0 Å². The molecule has 2 N–H and O–H groups in total. The zero-order valence-electron chi connectivity index (χ0n) is 12.0. The molecule has 112 valence electrons. The minimum absolute atomic E-state index is 0. The molecule has 0 aromatic rings. The van der Waals surface area contributed by atoms with Crippen LogP contribution >= 0.6 is 35.7 Å². The fraction of sp³-hybridized carbons (Fsp3) is 0.929. The van der Waals surface area contributed by atoms with Crippen LogP contribution in [-0.2, 0) is 0 Å². The Bertz CT molecular complexity index is 280. The Balaban J connectivity index is 0.00000180. The van der Waals surface area contributed by atoms with Crippen molar-refractivity contribution in [3.63, 3.8) is 0 Å². The van der Waals surface area contributed by atoms with Crippen LogP contribution in [0.5, 0.6) is 0 Å². The molecule has 1 aliphatic carbocycles. The number of nitrogens with two attached hydrogens (primary N) is 1. The summed E-state index contributed by atoms with van der Waals surface area (Å²) in [5.74, 6) is 4.97. The number of nitrogens with zero attached hydrogens (tertiary/aromatic N) is 2. The van der Waals surface area contributed by atoms with E-state index in [0.717, 1.165) is 37.4 Å². The number of rotatable bonds is 3. The lowest BCUT2D eigenvalue weighted by Gasteiger charge is -2.28. The first-order valence-corrected chi connectivity index (χ1v) is 8.54. The van der Waals surface area contributed by atoms with Crippen LogP contribution in [-0.4, -0.2) is 42.0 Å². The Labute approximate surface area is 139 Å². The molecule has 2 aliphatic rings. The summed E-state index contributed by atoms with van der Waals surface area (Å²) in [7, 11) is 0. The molecule has 1 heterocycles. The molecule has 2 rings (SSSR count). The van der Waals surface area contributed by atoms with Crippen molar-refractivity contribution in [1.82, 2.24) is 4.90 Å². The molecule has 1 saturated heterocycles. The van der Waals surface area contributed by atoms with Gasteiger partial charge < -0.3 is 10.6 Å². The summed E-state index contributed by atoms with van der Waals surface area (Å²) in [6.07, 6.45) is 6.87. The molecule has 0 radical (unpaired) electrons. The van der Waals surface area contributed by atoms with Gasteiger partial charge in [0.15, 0.2) is 5.96 Å². The lowest BCUT2D eigenvalue weighted by Crippen LogP contribution is -2.42. The number of halogens is 1. The second-order valence-corrected chi connectivity index (χ2v) is 6.99. The Morgan fingerprint density at radius 1 is 1.32 bits per heavy atom. The Kier molecular flexibility index (Phi) is 8.53. The van der Waals surface area contributed by atoms with Gasteiger partial charge in [-0.1, -0.05) is 26.2 Å². The van der Waals surface area contributed by atoms with Crippen LogP contribution in [0.25, 0.3) is 0 Å². The minimum atomic E-state index is 0. The largest absolute Gasteiger partial charge is 0.370 e. The van der Waals surface area contributed by atoms with Crippen LogP contribution in [0, 0.1) is 11.8 Å². The number of guanidine groups is 1. The summed E-state index contributed by atoms with van der Waals surface area (Å²) in [5.41, 5.74) is 6.06. The third-order valence-corrected chi connectivity index (χ3v) is 5.13. The predicted molar refractivity (Wildman–Crippen MR) is 96.5 cm³/mol. The van der Waals surface area contributed by atoms with Crippen LogP contribution in [0.1, 0.15) is 39.0 Å². The molecule has 5 heteroatoms. The van der Waals surface area contributed by atoms with Crippen molar-refractivity contribution in [3.8, 4) is 0 Å². The van der Waals surface area contributed by atoms with Crippen molar-refractivity contribution in [2.24, 2.45) is 22.6 Å². The van der Waals surface area contributed by atoms with Crippen LogP contribution < -0.4 is 5.73 Å². The minimum Gasteiger partial charge on any atom is -0.370 e. The summed E-state index contributed by atoms with van der Waals surface area (Å²) in [5, 5.41) is 0. The summed E-state index contributed by atoms with van der Waals surface area (Å²) in [6.45, 7) is 5.45. The van der Waals surface area contributed by atoms with Gasteiger partial charge in [0, 0.05) is 31.1 Å². The summed E-state index contributed by atoms with van der Waals surface area (Å²) in [4.78, 5) is 6.81. The number of aliphatic imine (C=N–C) groups is 1. The van der Waals surface area contributed by atoms with E-state index >= 15 is 0 Å². The molecule has 2 fully saturated rings. The van der Waals surface area contributed by atoms with Crippen LogP contribution in [0.15, 0.2) is 4.99 Å². The third kappa shape index (κ3) is 6.10. The average Bonchev–Trinajstić information content (AvgIpc) is 2.40. The molecule has 2 atom stereocenters. The SMILES string of the molecule is CC1CCCC(CCN=C(N)N2CCSCC2)C1.I. The van der Waals surface area contributed by atoms with Gasteiger partial charge in [-0.2, -0.15) is 11.8 Å². The maximum Gasteiger partial charge on any atom is 0.191 e. The van der Waals surface area contributed by atoms with E-state index in [1.165, 1.54) is 43.6 Å². The lowest BCUT2D eigenvalue weighted by molar-refractivity contribution is 0.272. The first kappa shape index (κ1) is 17.4. The van der Waals surface area contributed by atoms with Gasteiger partial charge in [0.2, 0.25) is 0 Å². The fourth-order valence-electron chi connectivity index (χ4n) is 3.08. The van der Waals surface area contributed by atoms with Crippen molar-refractivity contribution < 1.29 is 0 Å². The van der Waals surface area contributed by atoms with E-state index in [9.17, 15) is 0 Å².